The number of hydrogen-bond donors (Lipinski definition) is 2. The SMILES string of the molecule is Cc1cc(Br)cc(NCC(=O)Nc2c(Cl)cccc2Cl)c1. The lowest BCUT2D eigenvalue weighted by Crippen LogP contribution is -2.22. The molecule has 0 saturated carbocycles. The largest absolute Gasteiger partial charge is 0.376 e. The minimum Gasteiger partial charge on any atom is -0.376 e. The minimum atomic E-state index is -0.220. The number of aryl methyl sites for hydroxylation is 1. The quantitative estimate of drug-likeness (QED) is 0.764. The Kier molecular flexibility index (Phi) is 5.51. The Balaban J connectivity index is 1.99. The first-order valence-electron chi connectivity index (χ1n) is 6.20. The van der Waals surface area contributed by atoms with Gasteiger partial charge in [-0.3, -0.25) is 4.79 Å². The van der Waals surface area contributed by atoms with Gasteiger partial charge in [0.05, 0.1) is 22.3 Å². The molecule has 21 heavy (non-hydrogen) atoms. The van der Waals surface area contributed by atoms with Crippen LogP contribution in [0.25, 0.3) is 0 Å². The van der Waals surface area contributed by atoms with Gasteiger partial charge < -0.3 is 10.6 Å². The van der Waals surface area contributed by atoms with E-state index >= 15 is 0 Å². The Hall–Kier alpha value is -1.23. The van der Waals surface area contributed by atoms with Crippen molar-refractivity contribution in [1.29, 1.82) is 0 Å². The number of hydrogen-bond acceptors (Lipinski definition) is 2. The van der Waals surface area contributed by atoms with Crippen molar-refractivity contribution in [3.8, 4) is 0 Å². The number of para-hydroxylation sites is 1. The Labute approximate surface area is 141 Å². The minimum absolute atomic E-state index is 0.122. The fourth-order valence-corrected chi connectivity index (χ4v) is 2.92. The van der Waals surface area contributed by atoms with Crippen molar-refractivity contribution in [2.24, 2.45) is 0 Å². The Bertz CT molecular complexity index is 636. The number of carbonyl (C=O) groups is 1. The van der Waals surface area contributed by atoms with Crippen LogP contribution in [0, 0.1) is 6.92 Å². The van der Waals surface area contributed by atoms with Crippen LogP contribution in [0.5, 0.6) is 0 Å². The summed E-state index contributed by atoms with van der Waals surface area (Å²) >= 11 is 15.4. The molecule has 2 rings (SSSR count). The van der Waals surface area contributed by atoms with Gasteiger partial charge in [-0.25, -0.2) is 0 Å². The van der Waals surface area contributed by atoms with E-state index in [4.69, 9.17) is 23.2 Å². The Morgan fingerprint density at radius 2 is 1.86 bits per heavy atom. The molecule has 0 aliphatic carbocycles. The molecule has 0 unspecified atom stereocenters. The van der Waals surface area contributed by atoms with Gasteiger partial charge in [0.1, 0.15) is 0 Å². The molecule has 0 atom stereocenters. The van der Waals surface area contributed by atoms with Crippen molar-refractivity contribution in [3.05, 3.63) is 56.5 Å². The molecule has 0 bridgehead atoms. The summed E-state index contributed by atoms with van der Waals surface area (Å²) in [6.45, 7) is 2.11. The number of anilines is 2. The predicted octanol–water partition coefficient (Wildman–Crippen LogP) is 5.11. The monoisotopic (exact) mass is 386 g/mol. The van der Waals surface area contributed by atoms with Crippen molar-refractivity contribution in [1.82, 2.24) is 0 Å². The zero-order valence-electron chi connectivity index (χ0n) is 11.2. The van der Waals surface area contributed by atoms with E-state index in [2.05, 4.69) is 26.6 Å². The summed E-state index contributed by atoms with van der Waals surface area (Å²) < 4.78 is 0.958. The molecule has 2 N–H and O–H groups in total. The first-order valence-corrected chi connectivity index (χ1v) is 7.75. The van der Waals surface area contributed by atoms with Gasteiger partial charge in [-0.1, -0.05) is 45.2 Å². The molecule has 0 fully saturated rings. The smallest absolute Gasteiger partial charge is 0.243 e. The molecule has 110 valence electrons. The number of carbonyl (C=O) groups excluding carboxylic acids is 1. The van der Waals surface area contributed by atoms with E-state index < -0.39 is 0 Å². The van der Waals surface area contributed by atoms with Gasteiger partial charge in [0.25, 0.3) is 0 Å². The molecule has 3 nitrogen and oxygen atoms in total. The molecular formula is C15H13BrCl2N2O. The number of benzene rings is 2. The van der Waals surface area contributed by atoms with Crippen LogP contribution >= 0.6 is 39.1 Å². The Morgan fingerprint density at radius 1 is 1.19 bits per heavy atom. The summed E-state index contributed by atoms with van der Waals surface area (Å²) in [7, 11) is 0. The van der Waals surface area contributed by atoms with Crippen LogP contribution in [0.4, 0.5) is 11.4 Å². The summed E-state index contributed by atoms with van der Waals surface area (Å²) in [5, 5.41) is 6.58. The molecule has 0 aliphatic heterocycles. The van der Waals surface area contributed by atoms with Crippen molar-refractivity contribution >= 4 is 56.4 Å². The van der Waals surface area contributed by atoms with E-state index in [1.165, 1.54) is 0 Å². The number of halogens is 3. The van der Waals surface area contributed by atoms with Gasteiger partial charge in [-0.05, 0) is 42.8 Å². The fourth-order valence-electron chi connectivity index (χ4n) is 1.82. The van der Waals surface area contributed by atoms with Gasteiger partial charge in [0.15, 0.2) is 0 Å². The standard InChI is InChI=1S/C15H13BrCl2N2O/c1-9-5-10(16)7-11(6-9)19-8-14(21)20-15-12(17)3-2-4-13(15)18/h2-7,19H,8H2,1H3,(H,20,21). The van der Waals surface area contributed by atoms with Gasteiger partial charge in [0.2, 0.25) is 5.91 Å². The summed E-state index contributed by atoms with van der Waals surface area (Å²) in [5.74, 6) is -0.220. The summed E-state index contributed by atoms with van der Waals surface area (Å²) in [6, 6.07) is 10.9. The average molecular weight is 388 g/mol. The van der Waals surface area contributed by atoms with E-state index in [-0.39, 0.29) is 12.5 Å². The third kappa shape index (κ3) is 4.63. The molecule has 0 heterocycles. The van der Waals surface area contributed by atoms with Crippen LogP contribution in [-0.2, 0) is 4.79 Å². The molecule has 0 spiro atoms. The molecule has 0 aromatic heterocycles. The molecule has 0 radical (unpaired) electrons. The molecule has 2 aromatic carbocycles. The van der Waals surface area contributed by atoms with E-state index in [1.54, 1.807) is 18.2 Å². The zero-order valence-corrected chi connectivity index (χ0v) is 14.3. The third-order valence-corrected chi connectivity index (χ3v) is 3.81. The number of rotatable bonds is 4. The van der Waals surface area contributed by atoms with Gasteiger partial charge in [0, 0.05) is 10.2 Å². The Morgan fingerprint density at radius 3 is 2.48 bits per heavy atom. The highest BCUT2D eigenvalue weighted by molar-refractivity contribution is 9.10. The predicted molar refractivity (Wildman–Crippen MR) is 92.5 cm³/mol. The zero-order chi connectivity index (χ0) is 15.4. The number of amides is 1. The highest BCUT2D eigenvalue weighted by atomic mass is 79.9. The molecule has 1 amide bonds. The van der Waals surface area contributed by atoms with Crippen LogP contribution in [-0.4, -0.2) is 12.5 Å². The summed E-state index contributed by atoms with van der Waals surface area (Å²) in [6.07, 6.45) is 0. The van der Waals surface area contributed by atoms with Crippen LogP contribution in [0.3, 0.4) is 0 Å². The van der Waals surface area contributed by atoms with Crippen LogP contribution in [0.2, 0.25) is 10.0 Å². The lowest BCUT2D eigenvalue weighted by molar-refractivity contribution is -0.114. The molecule has 6 heteroatoms. The second kappa shape index (κ2) is 7.16. The van der Waals surface area contributed by atoms with Crippen molar-refractivity contribution in [3.63, 3.8) is 0 Å². The van der Waals surface area contributed by atoms with Crippen molar-refractivity contribution in [2.75, 3.05) is 17.2 Å². The maximum absolute atomic E-state index is 12.0. The van der Waals surface area contributed by atoms with Crippen LogP contribution in [0.1, 0.15) is 5.56 Å². The highest BCUT2D eigenvalue weighted by Gasteiger charge is 2.09. The lowest BCUT2D eigenvalue weighted by atomic mass is 10.2. The highest BCUT2D eigenvalue weighted by Crippen LogP contribution is 2.29. The van der Waals surface area contributed by atoms with Crippen molar-refractivity contribution in [2.45, 2.75) is 6.92 Å². The first-order chi connectivity index (χ1) is 9.95. The molecule has 0 aliphatic rings. The van der Waals surface area contributed by atoms with E-state index in [9.17, 15) is 4.79 Å². The van der Waals surface area contributed by atoms with Crippen LogP contribution in [0.15, 0.2) is 40.9 Å². The fraction of sp³-hybridized carbons (Fsp3) is 0.133. The average Bonchev–Trinajstić information content (AvgIpc) is 2.40. The molecule has 0 saturated heterocycles. The normalized spacial score (nSPS) is 10.3. The second-order valence-corrected chi connectivity index (χ2v) is 6.25. The van der Waals surface area contributed by atoms with Gasteiger partial charge in [-0.2, -0.15) is 0 Å². The van der Waals surface area contributed by atoms with Gasteiger partial charge in [-0.15, -0.1) is 0 Å². The van der Waals surface area contributed by atoms with E-state index in [0.29, 0.717) is 15.7 Å². The maximum atomic E-state index is 12.0. The first kappa shape index (κ1) is 16.1. The summed E-state index contributed by atoms with van der Waals surface area (Å²) in [5.41, 5.74) is 2.39. The van der Waals surface area contributed by atoms with Crippen LogP contribution < -0.4 is 10.6 Å². The molecule has 2 aromatic rings. The topological polar surface area (TPSA) is 41.1 Å². The molecular weight excluding hydrogens is 375 g/mol. The maximum Gasteiger partial charge on any atom is 0.243 e. The van der Waals surface area contributed by atoms with Gasteiger partial charge >= 0.3 is 0 Å². The summed E-state index contributed by atoms with van der Waals surface area (Å²) in [4.78, 5) is 12.0. The third-order valence-electron chi connectivity index (χ3n) is 2.72. The number of nitrogens with one attached hydrogen (secondary N) is 2. The lowest BCUT2D eigenvalue weighted by Gasteiger charge is -2.11. The van der Waals surface area contributed by atoms with Crippen molar-refractivity contribution < 1.29 is 4.79 Å². The van der Waals surface area contributed by atoms with E-state index in [0.717, 1.165) is 15.7 Å². The van der Waals surface area contributed by atoms with E-state index in [1.807, 2.05) is 25.1 Å². The second-order valence-electron chi connectivity index (χ2n) is 4.52.